The highest BCUT2D eigenvalue weighted by molar-refractivity contribution is 6.31. The molecule has 0 spiro atoms. The number of carbonyl (C=O) groups is 2. The van der Waals surface area contributed by atoms with E-state index < -0.39 is 44.3 Å². The molecule has 0 bridgehead atoms. The second-order valence-electron chi connectivity index (χ2n) is 4.26. The molecule has 9 heteroatoms. The predicted octanol–water partition coefficient (Wildman–Crippen LogP) is 3.36. The number of benzene rings is 1. The number of carbonyl (C=O) groups excluding carboxylic acids is 1. The van der Waals surface area contributed by atoms with Gasteiger partial charge >= 0.3 is 5.97 Å². The molecular formula is C14H13ClFNO6. The van der Waals surface area contributed by atoms with Gasteiger partial charge in [0.05, 0.1) is 16.6 Å². The summed E-state index contributed by atoms with van der Waals surface area (Å²) >= 11 is 5.47. The van der Waals surface area contributed by atoms with E-state index >= 15 is 0 Å². The van der Waals surface area contributed by atoms with Gasteiger partial charge in [-0.1, -0.05) is 18.5 Å². The second kappa shape index (κ2) is 7.68. The molecule has 7 nitrogen and oxygen atoms in total. The average Bonchev–Trinajstić information content (AvgIpc) is 2.48. The van der Waals surface area contributed by atoms with Gasteiger partial charge in [0.25, 0.3) is 5.69 Å². The third kappa shape index (κ3) is 4.04. The lowest BCUT2D eigenvalue weighted by atomic mass is 9.99. The van der Waals surface area contributed by atoms with Crippen LogP contribution in [0.5, 0.6) is 0 Å². The van der Waals surface area contributed by atoms with Crippen LogP contribution < -0.4 is 0 Å². The van der Waals surface area contributed by atoms with Crippen molar-refractivity contribution < 1.29 is 28.7 Å². The highest BCUT2D eigenvalue weighted by Crippen LogP contribution is 2.29. The Labute approximate surface area is 135 Å². The fourth-order valence-electron chi connectivity index (χ4n) is 1.87. The van der Waals surface area contributed by atoms with Gasteiger partial charge in [0, 0.05) is 12.5 Å². The number of rotatable bonds is 7. The van der Waals surface area contributed by atoms with Gasteiger partial charge in [-0.3, -0.25) is 14.9 Å². The molecule has 0 saturated carbocycles. The Hall–Kier alpha value is -2.48. The summed E-state index contributed by atoms with van der Waals surface area (Å²) in [5.74, 6) is -4.05. The maximum atomic E-state index is 13.6. The first-order valence-corrected chi connectivity index (χ1v) is 6.89. The predicted molar refractivity (Wildman–Crippen MR) is 79.0 cm³/mol. The number of nitrogens with zero attached hydrogens (tertiary/aromatic N) is 1. The third-order valence-corrected chi connectivity index (χ3v) is 3.13. The number of aliphatic carboxylic acids is 1. The van der Waals surface area contributed by atoms with Crippen molar-refractivity contribution in [3.8, 4) is 0 Å². The Balaban J connectivity index is 3.61. The zero-order chi connectivity index (χ0) is 17.7. The minimum absolute atomic E-state index is 0.0745. The van der Waals surface area contributed by atoms with E-state index in [1.54, 1.807) is 13.8 Å². The van der Waals surface area contributed by atoms with Crippen LogP contribution in [0.1, 0.15) is 30.6 Å². The van der Waals surface area contributed by atoms with Crippen molar-refractivity contribution in [1.82, 2.24) is 0 Å². The number of ketones is 1. The zero-order valence-corrected chi connectivity index (χ0v) is 13.0. The number of ether oxygens (including phenoxy) is 1. The van der Waals surface area contributed by atoms with Crippen molar-refractivity contribution in [3.05, 3.63) is 50.0 Å². The Morgan fingerprint density at radius 3 is 2.43 bits per heavy atom. The number of nitro groups is 1. The lowest BCUT2D eigenvalue weighted by Crippen LogP contribution is -2.18. The molecule has 0 heterocycles. The maximum Gasteiger partial charge on any atom is 0.343 e. The number of Topliss-reactive ketones (excluding diaryl/α,β-unsaturated/α-hetero) is 1. The quantitative estimate of drug-likeness (QED) is 0.154. The van der Waals surface area contributed by atoms with Gasteiger partial charge in [0.2, 0.25) is 5.78 Å². The molecule has 0 aliphatic carbocycles. The molecule has 23 heavy (non-hydrogen) atoms. The number of hydrogen-bond acceptors (Lipinski definition) is 5. The molecule has 0 aromatic heterocycles. The number of nitro benzene ring substituents is 1. The highest BCUT2D eigenvalue weighted by Gasteiger charge is 2.31. The topological polar surface area (TPSA) is 107 Å². The molecule has 1 N–H and O–H groups in total. The fourth-order valence-corrected chi connectivity index (χ4v) is 2.03. The lowest BCUT2D eigenvalue weighted by molar-refractivity contribution is -0.385. The van der Waals surface area contributed by atoms with Gasteiger partial charge in [0.15, 0.2) is 0 Å². The van der Waals surface area contributed by atoms with Crippen LogP contribution in [0.3, 0.4) is 0 Å². The van der Waals surface area contributed by atoms with Crippen LogP contribution in [0.2, 0.25) is 5.02 Å². The normalized spacial score (nSPS) is 11.7. The molecular weight excluding hydrogens is 333 g/mol. The lowest BCUT2D eigenvalue weighted by Gasteiger charge is -2.11. The minimum atomic E-state index is -1.62. The summed E-state index contributed by atoms with van der Waals surface area (Å²) in [6.07, 6.45) is 0.0745. The Bertz CT molecular complexity index is 701. The van der Waals surface area contributed by atoms with Crippen LogP contribution in [0.25, 0.3) is 0 Å². The summed E-state index contributed by atoms with van der Waals surface area (Å²) in [6, 6.07) is 1.21. The standard InChI is InChI=1S/C14H13ClFNO6/c1-3-11(23-4-2)12(14(19)20)13(18)7-5-9(16)8(15)6-10(7)17(21)22/h5-6H,3-4H2,1-2H3,(H,19,20). The number of carboxylic acids is 1. The summed E-state index contributed by atoms with van der Waals surface area (Å²) in [4.78, 5) is 33.9. The summed E-state index contributed by atoms with van der Waals surface area (Å²) in [5.41, 5.74) is -2.27. The monoisotopic (exact) mass is 345 g/mol. The summed E-state index contributed by atoms with van der Waals surface area (Å²) in [7, 11) is 0. The van der Waals surface area contributed by atoms with E-state index in [1.165, 1.54) is 0 Å². The van der Waals surface area contributed by atoms with Crippen LogP contribution in [0.4, 0.5) is 10.1 Å². The van der Waals surface area contributed by atoms with Gasteiger partial charge in [-0.2, -0.15) is 0 Å². The van der Waals surface area contributed by atoms with Crippen molar-refractivity contribution in [2.24, 2.45) is 0 Å². The first-order chi connectivity index (χ1) is 10.7. The molecule has 0 atom stereocenters. The number of halogens is 2. The number of allylic oxidation sites excluding steroid dienone is 1. The van der Waals surface area contributed by atoms with E-state index in [4.69, 9.17) is 16.3 Å². The van der Waals surface area contributed by atoms with E-state index in [2.05, 4.69) is 0 Å². The van der Waals surface area contributed by atoms with Gasteiger partial charge in [0.1, 0.15) is 22.7 Å². The van der Waals surface area contributed by atoms with E-state index in [1.807, 2.05) is 0 Å². The van der Waals surface area contributed by atoms with Crippen LogP contribution in [-0.2, 0) is 9.53 Å². The van der Waals surface area contributed by atoms with E-state index in [0.29, 0.717) is 12.1 Å². The van der Waals surface area contributed by atoms with Crippen molar-refractivity contribution in [1.29, 1.82) is 0 Å². The minimum Gasteiger partial charge on any atom is -0.497 e. The van der Waals surface area contributed by atoms with Gasteiger partial charge in [-0.25, -0.2) is 9.18 Å². The number of hydrogen-bond donors (Lipinski definition) is 1. The van der Waals surface area contributed by atoms with Crippen molar-refractivity contribution in [2.75, 3.05) is 6.61 Å². The molecule has 0 saturated heterocycles. The van der Waals surface area contributed by atoms with Gasteiger partial charge in [-0.15, -0.1) is 0 Å². The highest BCUT2D eigenvalue weighted by atomic mass is 35.5. The second-order valence-corrected chi connectivity index (χ2v) is 4.67. The van der Waals surface area contributed by atoms with Crippen molar-refractivity contribution in [3.63, 3.8) is 0 Å². The molecule has 0 amide bonds. The molecule has 0 aliphatic rings. The SMILES string of the molecule is CCOC(CC)=C(C(=O)O)C(=O)c1cc(F)c(Cl)cc1[N+](=O)[O-]. The van der Waals surface area contributed by atoms with E-state index in [-0.39, 0.29) is 18.8 Å². The van der Waals surface area contributed by atoms with E-state index in [0.717, 1.165) is 0 Å². The first-order valence-electron chi connectivity index (χ1n) is 6.51. The Morgan fingerprint density at radius 2 is 2.00 bits per heavy atom. The number of carboxylic acid groups (broad SMARTS) is 1. The van der Waals surface area contributed by atoms with Gasteiger partial charge < -0.3 is 9.84 Å². The Morgan fingerprint density at radius 1 is 1.39 bits per heavy atom. The van der Waals surface area contributed by atoms with Crippen LogP contribution in [0.15, 0.2) is 23.5 Å². The molecule has 0 aliphatic heterocycles. The smallest absolute Gasteiger partial charge is 0.343 e. The average molecular weight is 346 g/mol. The maximum absolute atomic E-state index is 13.6. The Kier molecular flexibility index (Phi) is 6.20. The summed E-state index contributed by atoms with van der Waals surface area (Å²) in [5, 5.41) is 19.7. The first kappa shape index (κ1) is 18.6. The molecule has 0 unspecified atom stereocenters. The largest absolute Gasteiger partial charge is 0.497 e. The van der Waals surface area contributed by atoms with Crippen molar-refractivity contribution >= 4 is 29.0 Å². The van der Waals surface area contributed by atoms with E-state index in [9.17, 15) is 29.2 Å². The van der Waals surface area contributed by atoms with Gasteiger partial charge in [-0.05, 0) is 13.0 Å². The molecule has 1 aromatic rings. The molecule has 1 rings (SSSR count). The molecule has 0 fully saturated rings. The molecule has 0 radical (unpaired) electrons. The van der Waals surface area contributed by atoms with Crippen LogP contribution in [-0.4, -0.2) is 28.4 Å². The molecule has 124 valence electrons. The molecule has 1 aromatic carbocycles. The summed E-state index contributed by atoms with van der Waals surface area (Å²) in [6.45, 7) is 3.24. The fraction of sp³-hybridized carbons (Fsp3) is 0.286. The third-order valence-electron chi connectivity index (χ3n) is 2.84. The van der Waals surface area contributed by atoms with Crippen LogP contribution in [0, 0.1) is 15.9 Å². The van der Waals surface area contributed by atoms with Crippen molar-refractivity contribution in [2.45, 2.75) is 20.3 Å². The summed E-state index contributed by atoms with van der Waals surface area (Å²) < 4.78 is 18.7. The van der Waals surface area contributed by atoms with Crippen LogP contribution >= 0.6 is 11.6 Å². The zero-order valence-electron chi connectivity index (χ0n) is 12.3.